The van der Waals surface area contributed by atoms with Crippen molar-refractivity contribution in [3.63, 3.8) is 0 Å². The zero-order valence-electron chi connectivity index (χ0n) is 13.1. The molecule has 0 aliphatic heterocycles. The van der Waals surface area contributed by atoms with E-state index in [9.17, 15) is 18.0 Å². The standard InChI is InChI=1S/C14H14N4O5S/c1-16-10-12(17(2)14(20)18(3)13(10)19)15-11(16)8-4-6-9(7-5-8)24(21,22)23/h4-7H,1-3H3,(H,21,22,23). The number of benzene rings is 1. The van der Waals surface area contributed by atoms with Gasteiger partial charge in [-0.15, -0.1) is 0 Å². The number of hydrogen-bond donors (Lipinski definition) is 1. The Hall–Kier alpha value is -2.72. The number of aromatic nitrogens is 4. The van der Waals surface area contributed by atoms with Crippen LogP contribution in [0.3, 0.4) is 0 Å². The number of hydrogen-bond acceptors (Lipinski definition) is 5. The van der Waals surface area contributed by atoms with E-state index in [0.29, 0.717) is 11.4 Å². The summed E-state index contributed by atoms with van der Waals surface area (Å²) in [4.78, 5) is 28.4. The van der Waals surface area contributed by atoms with Crippen molar-refractivity contribution in [1.29, 1.82) is 0 Å². The summed E-state index contributed by atoms with van der Waals surface area (Å²) in [5.74, 6) is 0.394. The number of fused-ring (bicyclic) bond motifs is 1. The predicted octanol–water partition coefficient (Wildman–Crippen LogP) is -0.116. The van der Waals surface area contributed by atoms with Gasteiger partial charge in [-0.25, -0.2) is 9.78 Å². The third-order valence-electron chi connectivity index (χ3n) is 3.89. The van der Waals surface area contributed by atoms with Crippen molar-refractivity contribution in [1.82, 2.24) is 18.7 Å². The van der Waals surface area contributed by atoms with E-state index in [4.69, 9.17) is 4.55 Å². The molecule has 9 nitrogen and oxygen atoms in total. The summed E-state index contributed by atoms with van der Waals surface area (Å²) in [7, 11) is 0.248. The van der Waals surface area contributed by atoms with Gasteiger partial charge in [-0.05, 0) is 24.3 Å². The van der Waals surface area contributed by atoms with Gasteiger partial charge < -0.3 is 4.57 Å². The van der Waals surface area contributed by atoms with Gasteiger partial charge in [-0.1, -0.05) is 0 Å². The van der Waals surface area contributed by atoms with Crippen LogP contribution in [0.15, 0.2) is 38.8 Å². The lowest BCUT2D eigenvalue weighted by atomic mass is 10.2. The first kappa shape index (κ1) is 16.1. The van der Waals surface area contributed by atoms with E-state index < -0.39 is 21.4 Å². The minimum Gasteiger partial charge on any atom is -0.321 e. The molecule has 0 fully saturated rings. The van der Waals surface area contributed by atoms with Gasteiger partial charge in [0.05, 0.1) is 4.90 Å². The Morgan fingerprint density at radius 1 is 0.958 bits per heavy atom. The van der Waals surface area contributed by atoms with Crippen molar-refractivity contribution in [2.24, 2.45) is 21.1 Å². The smallest absolute Gasteiger partial charge is 0.321 e. The number of nitrogens with zero attached hydrogens (tertiary/aromatic N) is 4. The SMILES string of the molecule is Cn1c(=O)c2c(nc(-c3ccc(S(=O)(=O)O)cc3)n2C)n(C)c1=O. The van der Waals surface area contributed by atoms with Gasteiger partial charge in [-0.3, -0.25) is 18.5 Å². The van der Waals surface area contributed by atoms with E-state index >= 15 is 0 Å². The summed E-state index contributed by atoms with van der Waals surface area (Å²) >= 11 is 0. The van der Waals surface area contributed by atoms with Gasteiger partial charge in [0.1, 0.15) is 5.82 Å². The van der Waals surface area contributed by atoms with Crippen molar-refractivity contribution in [3.8, 4) is 11.4 Å². The summed E-state index contributed by atoms with van der Waals surface area (Å²) in [6.07, 6.45) is 0. The molecule has 0 unspecified atom stereocenters. The lowest BCUT2D eigenvalue weighted by molar-refractivity contribution is 0.483. The summed E-state index contributed by atoms with van der Waals surface area (Å²) in [6, 6.07) is 5.40. The molecule has 0 saturated carbocycles. The molecule has 1 aromatic carbocycles. The highest BCUT2D eigenvalue weighted by molar-refractivity contribution is 7.85. The summed E-state index contributed by atoms with van der Waals surface area (Å²) in [6.45, 7) is 0. The fourth-order valence-corrected chi connectivity index (χ4v) is 3.03. The molecule has 0 bridgehead atoms. The monoisotopic (exact) mass is 350 g/mol. The average molecular weight is 350 g/mol. The van der Waals surface area contributed by atoms with E-state index in [-0.39, 0.29) is 16.1 Å². The second kappa shape index (κ2) is 5.14. The average Bonchev–Trinajstić information content (AvgIpc) is 2.88. The zero-order chi connectivity index (χ0) is 17.8. The first-order valence-corrected chi connectivity index (χ1v) is 8.27. The Kier molecular flexibility index (Phi) is 3.46. The van der Waals surface area contributed by atoms with Gasteiger partial charge >= 0.3 is 5.69 Å². The highest BCUT2D eigenvalue weighted by Gasteiger charge is 2.18. The molecule has 0 amide bonds. The van der Waals surface area contributed by atoms with Crippen LogP contribution in [0.1, 0.15) is 0 Å². The summed E-state index contributed by atoms with van der Waals surface area (Å²) < 4.78 is 35.0. The fraction of sp³-hybridized carbons (Fsp3) is 0.214. The molecule has 0 atom stereocenters. The largest absolute Gasteiger partial charge is 0.332 e. The van der Waals surface area contributed by atoms with Gasteiger partial charge in [0.25, 0.3) is 15.7 Å². The van der Waals surface area contributed by atoms with Crippen molar-refractivity contribution < 1.29 is 13.0 Å². The molecule has 2 aromatic heterocycles. The number of rotatable bonds is 2. The quantitative estimate of drug-likeness (QED) is 0.644. The zero-order valence-corrected chi connectivity index (χ0v) is 13.9. The van der Waals surface area contributed by atoms with Gasteiger partial charge in [0.2, 0.25) is 0 Å². The Labute approximate surface area is 136 Å². The van der Waals surface area contributed by atoms with Crippen LogP contribution < -0.4 is 11.2 Å². The van der Waals surface area contributed by atoms with Crippen LogP contribution in [0, 0.1) is 0 Å². The first-order valence-electron chi connectivity index (χ1n) is 6.83. The third-order valence-corrected chi connectivity index (χ3v) is 4.75. The second-order valence-corrected chi connectivity index (χ2v) is 6.79. The van der Waals surface area contributed by atoms with E-state index in [1.165, 1.54) is 42.9 Å². The lowest BCUT2D eigenvalue weighted by Crippen LogP contribution is -2.37. The molecule has 0 aliphatic carbocycles. The van der Waals surface area contributed by atoms with Crippen molar-refractivity contribution in [3.05, 3.63) is 45.1 Å². The van der Waals surface area contributed by atoms with Crippen LogP contribution in [-0.2, 0) is 31.3 Å². The maximum absolute atomic E-state index is 12.3. The molecular formula is C14H14N4O5S. The van der Waals surface area contributed by atoms with E-state index in [2.05, 4.69) is 4.98 Å². The molecule has 0 saturated heterocycles. The summed E-state index contributed by atoms with van der Waals surface area (Å²) in [5, 5.41) is 0. The normalized spacial score (nSPS) is 12.0. The molecule has 24 heavy (non-hydrogen) atoms. The molecule has 0 radical (unpaired) electrons. The van der Waals surface area contributed by atoms with Crippen LogP contribution in [-0.4, -0.2) is 31.7 Å². The van der Waals surface area contributed by atoms with E-state index in [1.54, 1.807) is 11.6 Å². The highest BCUT2D eigenvalue weighted by Crippen LogP contribution is 2.22. The van der Waals surface area contributed by atoms with Crippen molar-refractivity contribution >= 4 is 21.3 Å². The Bertz CT molecular complexity index is 1180. The van der Waals surface area contributed by atoms with Gasteiger partial charge in [-0.2, -0.15) is 8.42 Å². The first-order chi connectivity index (χ1) is 11.1. The van der Waals surface area contributed by atoms with E-state index in [1.807, 2.05) is 0 Å². The lowest BCUT2D eigenvalue weighted by Gasteiger charge is -2.04. The van der Waals surface area contributed by atoms with Gasteiger partial charge in [0.15, 0.2) is 11.2 Å². The van der Waals surface area contributed by atoms with Crippen LogP contribution in [0.4, 0.5) is 0 Å². The predicted molar refractivity (Wildman–Crippen MR) is 86.4 cm³/mol. The van der Waals surface area contributed by atoms with Crippen LogP contribution >= 0.6 is 0 Å². The van der Waals surface area contributed by atoms with Crippen LogP contribution in [0.5, 0.6) is 0 Å². The van der Waals surface area contributed by atoms with Crippen molar-refractivity contribution in [2.45, 2.75) is 4.90 Å². The minimum atomic E-state index is -4.29. The fourth-order valence-electron chi connectivity index (χ4n) is 2.55. The number of imidazole rings is 1. The topological polar surface area (TPSA) is 116 Å². The minimum absolute atomic E-state index is 0.236. The maximum Gasteiger partial charge on any atom is 0.332 e. The van der Waals surface area contributed by atoms with Crippen LogP contribution in [0.25, 0.3) is 22.6 Å². The maximum atomic E-state index is 12.3. The molecular weight excluding hydrogens is 336 g/mol. The molecule has 0 spiro atoms. The van der Waals surface area contributed by atoms with Gasteiger partial charge in [0, 0.05) is 26.7 Å². The Balaban J connectivity index is 2.31. The molecule has 3 aromatic rings. The third kappa shape index (κ3) is 2.27. The molecule has 3 rings (SSSR count). The number of aryl methyl sites for hydroxylation is 2. The summed E-state index contributed by atoms with van der Waals surface area (Å²) in [5.41, 5.74) is 0.0753. The molecule has 10 heteroatoms. The molecule has 1 N–H and O–H groups in total. The molecule has 0 aliphatic rings. The van der Waals surface area contributed by atoms with E-state index in [0.717, 1.165) is 4.57 Å². The van der Waals surface area contributed by atoms with Crippen molar-refractivity contribution in [2.75, 3.05) is 0 Å². The highest BCUT2D eigenvalue weighted by atomic mass is 32.2. The molecule has 2 heterocycles. The Morgan fingerprint density at radius 3 is 2.08 bits per heavy atom. The Morgan fingerprint density at radius 2 is 1.54 bits per heavy atom. The van der Waals surface area contributed by atoms with Crippen LogP contribution in [0.2, 0.25) is 0 Å². The second-order valence-electron chi connectivity index (χ2n) is 5.37. The molecule has 126 valence electrons.